The smallest absolute Gasteiger partial charge is 0.224 e. The SMILES string of the molecule is CCOc1ccc(CC(=O)NCC(C)CN)cc1. The van der Waals surface area contributed by atoms with Crippen LogP contribution in [0.5, 0.6) is 5.75 Å². The van der Waals surface area contributed by atoms with E-state index in [0.29, 0.717) is 32.0 Å². The Morgan fingerprint density at radius 2 is 2.06 bits per heavy atom. The monoisotopic (exact) mass is 250 g/mol. The Bertz CT molecular complexity index is 363. The predicted molar refractivity (Wildman–Crippen MR) is 72.5 cm³/mol. The first-order valence-corrected chi connectivity index (χ1v) is 6.34. The first-order valence-electron chi connectivity index (χ1n) is 6.34. The van der Waals surface area contributed by atoms with Crippen molar-refractivity contribution < 1.29 is 9.53 Å². The zero-order chi connectivity index (χ0) is 13.4. The molecule has 0 saturated heterocycles. The van der Waals surface area contributed by atoms with E-state index in [0.717, 1.165) is 11.3 Å². The minimum Gasteiger partial charge on any atom is -0.494 e. The van der Waals surface area contributed by atoms with E-state index in [1.807, 2.05) is 38.1 Å². The molecule has 1 aromatic rings. The van der Waals surface area contributed by atoms with E-state index in [-0.39, 0.29) is 5.91 Å². The minimum absolute atomic E-state index is 0.0273. The van der Waals surface area contributed by atoms with Gasteiger partial charge in [0, 0.05) is 6.54 Å². The fraction of sp³-hybridized carbons (Fsp3) is 0.500. The number of nitrogens with two attached hydrogens (primary N) is 1. The van der Waals surface area contributed by atoms with Crippen molar-refractivity contribution in [2.24, 2.45) is 11.7 Å². The number of ether oxygens (including phenoxy) is 1. The molecule has 1 amide bonds. The van der Waals surface area contributed by atoms with Crippen LogP contribution < -0.4 is 15.8 Å². The van der Waals surface area contributed by atoms with Gasteiger partial charge >= 0.3 is 0 Å². The molecule has 3 N–H and O–H groups in total. The summed E-state index contributed by atoms with van der Waals surface area (Å²) in [6.07, 6.45) is 0.393. The van der Waals surface area contributed by atoms with Crippen molar-refractivity contribution in [1.82, 2.24) is 5.32 Å². The predicted octanol–water partition coefficient (Wildman–Crippen LogP) is 1.34. The zero-order valence-corrected chi connectivity index (χ0v) is 11.1. The highest BCUT2D eigenvalue weighted by molar-refractivity contribution is 5.78. The van der Waals surface area contributed by atoms with Crippen LogP contribution in [0.1, 0.15) is 19.4 Å². The van der Waals surface area contributed by atoms with E-state index >= 15 is 0 Å². The van der Waals surface area contributed by atoms with Gasteiger partial charge in [-0.05, 0) is 37.1 Å². The van der Waals surface area contributed by atoms with Gasteiger partial charge < -0.3 is 15.8 Å². The Hall–Kier alpha value is -1.55. The second kappa shape index (κ2) is 7.71. The maximum Gasteiger partial charge on any atom is 0.224 e. The Labute approximate surface area is 109 Å². The molecule has 0 fully saturated rings. The molecule has 0 aliphatic heterocycles. The first-order chi connectivity index (χ1) is 8.65. The Morgan fingerprint density at radius 3 is 2.61 bits per heavy atom. The van der Waals surface area contributed by atoms with Crippen molar-refractivity contribution in [2.45, 2.75) is 20.3 Å². The summed E-state index contributed by atoms with van der Waals surface area (Å²) in [5, 5.41) is 2.87. The zero-order valence-electron chi connectivity index (χ0n) is 11.1. The average molecular weight is 250 g/mol. The second-order valence-electron chi connectivity index (χ2n) is 4.40. The molecule has 100 valence electrons. The number of rotatable bonds is 7. The van der Waals surface area contributed by atoms with Crippen molar-refractivity contribution in [3.05, 3.63) is 29.8 Å². The van der Waals surface area contributed by atoms with Crippen molar-refractivity contribution >= 4 is 5.91 Å². The van der Waals surface area contributed by atoms with Gasteiger partial charge in [0.15, 0.2) is 0 Å². The number of benzene rings is 1. The van der Waals surface area contributed by atoms with Crippen LogP contribution in [0.3, 0.4) is 0 Å². The molecule has 1 atom stereocenters. The highest BCUT2D eigenvalue weighted by Crippen LogP contribution is 2.12. The number of nitrogens with one attached hydrogen (secondary N) is 1. The number of carbonyl (C=O) groups excluding carboxylic acids is 1. The van der Waals surface area contributed by atoms with E-state index in [1.54, 1.807) is 0 Å². The van der Waals surface area contributed by atoms with Crippen LogP contribution in [-0.4, -0.2) is 25.6 Å². The summed E-state index contributed by atoms with van der Waals surface area (Å²) >= 11 is 0. The largest absolute Gasteiger partial charge is 0.494 e. The van der Waals surface area contributed by atoms with E-state index in [9.17, 15) is 4.79 Å². The highest BCUT2D eigenvalue weighted by atomic mass is 16.5. The molecule has 1 rings (SSSR count). The van der Waals surface area contributed by atoms with Gasteiger partial charge in [-0.15, -0.1) is 0 Å². The van der Waals surface area contributed by atoms with E-state index in [2.05, 4.69) is 5.32 Å². The molecular formula is C14H22N2O2. The Balaban J connectivity index is 2.39. The van der Waals surface area contributed by atoms with Gasteiger partial charge in [-0.3, -0.25) is 4.79 Å². The molecule has 0 radical (unpaired) electrons. The van der Waals surface area contributed by atoms with Crippen LogP contribution >= 0.6 is 0 Å². The second-order valence-corrected chi connectivity index (χ2v) is 4.40. The lowest BCUT2D eigenvalue weighted by Gasteiger charge is -2.10. The molecule has 1 unspecified atom stereocenters. The van der Waals surface area contributed by atoms with E-state index < -0.39 is 0 Å². The van der Waals surface area contributed by atoms with Crippen LogP contribution in [0, 0.1) is 5.92 Å². The molecule has 0 aromatic heterocycles. The quantitative estimate of drug-likeness (QED) is 0.767. The fourth-order valence-electron chi connectivity index (χ4n) is 1.49. The van der Waals surface area contributed by atoms with Crippen LogP contribution in [0.4, 0.5) is 0 Å². The molecule has 0 bridgehead atoms. The van der Waals surface area contributed by atoms with Crippen molar-refractivity contribution in [3.63, 3.8) is 0 Å². The summed E-state index contributed by atoms with van der Waals surface area (Å²) < 4.78 is 5.34. The standard InChI is InChI=1S/C14H22N2O2/c1-3-18-13-6-4-12(5-7-13)8-14(17)16-10-11(2)9-15/h4-7,11H,3,8-10,15H2,1-2H3,(H,16,17). The molecule has 4 nitrogen and oxygen atoms in total. The summed E-state index contributed by atoms with van der Waals surface area (Å²) in [5.41, 5.74) is 6.47. The third kappa shape index (κ3) is 5.19. The minimum atomic E-state index is 0.0273. The van der Waals surface area contributed by atoms with E-state index in [1.165, 1.54) is 0 Å². The maximum atomic E-state index is 11.7. The van der Waals surface area contributed by atoms with Crippen LogP contribution in [0.15, 0.2) is 24.3 Å². The molecule has 0 spiro atoms. The fourth-order valence-corrected chi connectivity index (χ4v) is 1.49. The van der Waals surface area contributed by atoms with Gasteiger partial charge in [0.2, 0.25) is 5.91 Å². The molecular weight excluding hydrogens is 228 g/mol. The first kappa shape index (κ1) is 14.5. The average Bonchev–Trinajstić information content (AvgIpc) is 2.38. The number of carbonyl (C=O) groups is 1. The topological polar surface area (TPSA) is 64.3 Å². The maximum absolute atomic E-state index is 11.7. The summed E-state index contributed by atoms with van der Waals surface area (Å²) in [7, 11) is 0. The normalized spacial score (nSPS) is 11.9. The molecule has 0 saturated carbocycles. The summed E-state index contributed by atoms with van der Waals surface area (Å²) in [4.78, 5) is 11.7. The Kier molecular flexibility index (Phi) is 6.22. The summed E-state index contributed by atoms with van der Waals surface area (Å²) in [6, 6.07) is 7.59. The molecule has 18 heavy (non-hydrogen) atoms. The van der Waals surface area contributed by atoms with Crippen LogP contribution in [0.25, 0.3) is 0 Å². The van der Waals surface area contributed by atoms with Crippen molar-refractivity contribution in [1.29, 1.82) is 0 Å². The summed E-state index contributed by atoms with van der Waals surface area (Å²) in [5.74, 6) is 1.17. The lowest BCUT2D eigenvalue weighted by molar-refractivity contribution is -0.120. The third-order valence-electron chi connectivity index (χ3n) is 2.65. The van der Waals surface area contributed by atoms with Gasteiger partial charge in [-0.25, -0.2) is 0 Å². The van der Waals surface area contributed by atoms with Crippen LogP contribution in [0.2, 0.25) is 0 Å². The third-order valence-corrected chi connectivity index (χ3v) is 2.65. The number of amides is 1. The number of hydrogen-bond donors (Lipinski definition) is 2. The van der Waals surface area contributed by atoms with Crippen LogP contribution in [-0.2, 0) is 11.2 Å². The van der Waals surface area contributed by atoms with Crippen molar-refractivity contribution in [2.75, 3.05) is 19.7 Å². The number of hydrogen-bond acceptors (Lipinski definition) is 3. The van der Waals surface area contributed by atoms with Crippen molar-refractivity contribution in [3.8, 4) is 5.75 Å². The molecule has 1 aromatic carbocycles. The van der Waals surface area contributed by atoms with Gasteiger partial charge in [-0.1, -0.05) is 19.1 Å². The molecule has 4 heteroatoms. The lowest BCUT2D eigenvalue weighted by Crippen LogP contribution is -2.32. The van der Waals surface area contributed by atoms with Gasteiger partial charge in [0.25, 0.3) is 0 Å². The highest BCUT2D eigenvalue weighted by Gasteiger charge is 2.05. The van der Waals surface area contributed by atoms with Gasteiger partial charge in [0.1, 0.15) is 5.75 Å². The van der Waals surface area contributed by atoms with Gasteiger partial charge in [0.05, 0.1) is 13.0 Å². The van der Waals surface area contributed by atoms with E-state index in [4.69, 9.17) is 10.5 Å². The molecule has 0 aliphatic carbocycles. The Morgan fingerprint density at radius 1 is 1.39 bits per heavy atom. The van der Waals surface area contributed by atoms with Gasteiger partial charge in [-0.2, -0.15) is 0 Å². The molecule has 0 aliphatic rings. The molecule has 0 heterocycles. The summed E-state index contributed by atoms with van der Waals surface area (Å²) in [6.45, 7) is 5.82. The lowest BCUT2D eigenvalue weighted by atomic mass is 10.1.